The van der Waals surface area contributed by atoms with E-state index in [0.717, 1.165) is 28.4 Å². The van der Waals surface area contributed by atoms with E-state index in [9.17, 15) is 0 Å². The molecule has 9 aromatic carbocycles. The predicted molar refractivity (Wildman–Crippen MR) is 233 cm³/mol. The van der Waals surface area contributed by atoms with Crippen LogP contribution in [0.3, 0.4) is 0 Å². The molecular formula is C52H35N3. The maximum Gasteiger partial charge on any atom is 0.0619 e. The third kappa shape index (κ3) is 4.91. The van der Waals surface area contributed by atoms with Gasteiger partial charge < -0.3 is 14.0 Å². The van der Waals surface area contributed by atoms with Gasteiger partial charge in [0.05, 0.1) is 33.4 Å². The minimum atomic E-state index is 1.08. The fourth-order valence-electron chi connectivity index (χ4n) is 8.73. The number of para-hydroxylation sites is 4. The number of fused-ring (bicyclic) bond motifs is 8. The molecule has 0 unspecified atom stereocenters. The zero-order chi connectivity index (χ0) is 36.3. The quantitative estimate of drug-likeness (QED) is 0.168. The summed E-state index contributed by atoms with van der Waals surface area (Å²) in [6.07, 6.45) is 0. The van der Waals surface area contributed by atoms with Crippen LogP contribution in [-0.4, -0.2) is 9.13 Å². The second-order valence-corrected chi connectivity index (χ2v) is 14.1. The van der Waals surface area contributed by atoms with Crippen LogP contribution in [0.4, 0.5) is 17.1 Å². The average molecular weight is 702 g/mol. The summed E-state index contributed by atoms with van der Waals surface area (Å²) in [7, 11) is 0. The van der Waals surface area contributed by atoms with Gasteiger partial charge in [0.25, 0.3) is 0 Å². The summed E-state index contributed by atoms with van der Waals surface area (Å²) < 4.78 is 4.83. The maximum atomic E-state index is 2.46. The summed E-state index contributed by atoms with van der Waals surface area (Å²) in [6.45, 7) is 0. The highest BCUT2D eigenvalue weighted by Gasteiger charge is 2.23. The lowest BCUT2D eigenvalue weighted by atomic mass is 10.0. The van der Waals surface area contributed by atoms with Gasteiger partial charge in [0.2, 0.25) is 0 Å². The Morgan fingerprint density at radius 1 is 0.327 bits per heavy atom. The Morgan fingerprint density at radius 3 is 1.71 bits per heavy atom. The molecule has 258 valence electrons. The lowest BCUT2D eigenvalue weighted by molar-refractivity contribution is 1.18. The van der Waals surface area contributed by atoms with E-state index in [1.807, 2.05) is 0 Å². The second-order valence-electron chi connectivity index (χ2n) is 14.1. The van der Waals surface area contributed by atoms with Crippen molar-refractivity contribution in [2.75, 3.05) is 4.90 Å². The van der Waals surface area contributed by atoms with Gasteiger partial charge in [0.15, 0.2) is 0 Å². The monoisotopic (exact) mass is 701 g/mol. The summed E-state index contributed by atoms with van der Waals surface area (Å²) in [5, 5.41) is 7.43. The largest absolute Gasteiger partial charge is 0.309 e. The summed E-state index contributed by atoms with van der Waals surface area (Å²) in [5.41, 5.74) is 12.7. The molecule has 0 aliphatic heterocycles. The van der Waals surface area contributed by atoms with E-state index in [4.69, 9.17) is 0 Å². The molecular weight excluding hydrogens is 667 g/mol. The Labute approximate surface area is 319 Å². The van der Waals surface area contributed by atoms with Gasteiger partial charge in [-0.15, -0.1) is 0 Å². The Morgan fingerprint density at radius 2 is 0.909 bits per heavy atom. The van der Waals surface area contributed by atoms with Crippen LogP contribution in [-0.2, 0) is 0 Å². The fraction of sp³-hybridized carbons (Fsp3) is 0. The van der Waals surface area contributed by atoms with E-state index in [1.165, 1.54) is 65.5 Å². The first kappa shape index (κ1) is 31.2. The van der Waals surface area contributed by atoms with Crippen molar-refractivity contribution in [1.82, 2.24) is 9.13 Å². The van der Waals surface area contributed by atoms with Crippen molar-refractivity contribution < 1.29 is 0 Å². The van der Waals surface area contributed by atoms with Crippen LogP contribution in [0, 0.1) is 0 Å². The molecule has 0 amide bonds. The highest BCUT2D eigenvalue weighted by molar-refractivity contribution is 6.19. The van der Waals surface area contributed by atoms with Gasteiger partial charge in [0, 0.05) is 49.6 Å². The normalized spacial score (nSPS) is 11.6. The van der Waals surface area contributed by atoms with Crippen LogP contribution in [0.5, 0.6) is 0 Å². The third-order valence-corrected chi connectivity index (χ3v) is 11.1. The molecule has 0 bridgehead atoms. The molecule has 11 rings (SSSR count). The summed E-state index contributed by atoms with van der Waals surface area (Å²) in [6, 6.07) is 76.9. The van der Waals surface area contributed by atoms with E-state index in [1.54, 1.807) is 0 Å². The molecule has 0 fully saturated rings. The molecule has 2 heterocycles. The Bertz CT molecular complexity index is 3190. The Balaban J connectivity index is 1.18. The van der Waals surface area contributed by atoms with E-state index >= 15 is 0 Å². The van der Waals surface area contributed by atoms with Crippen LogP contribution in [0.25, 0.3) is 76.9 Å². The van der Waals surface area contributed by atoms with E-state index in [2.05, 4.69) is 226 Å². The van der Waals surface area contributed by atoms with Crippen LogP contribution < -0.4 is 4.90 Å². The van der Waals surface area contributed by atoms with Crippen molar-refractivity contribution >= 4 is 71.4 Å². The summed E-state index contributed by atoms with van der Waals surface area (Å²) in [5.74, 6) is 0. The second kappa shape index (κ2) is 12.6. The fourth-order valence-corrected chi connectivity index (χ4v) is 8.73. The van der Waals surface area contributed by atoms with Crippen molar-refractivity contribution in [3.63, 3.8) is 0 Å². The van der Waals surface area contributed by atoms with Crippen LogP contribution in [0.1, 0.15) is 0 Å². The molecule has 0 aliphatic rings. The standard InChI is InChI=1S/C52H35N3/c1-3-16-36(17-4-1)41-21-9-12-25-46(41)54(50-29-15-28-49-51(50)45-24-11-14-27-48(45)53(49)38-19-5-2-6-20-38)39-31-33-40(34-32-39)55-47-26-13-10-23-43(47)44-35-30-37-18-7-8-22-42(37)52(44)55/h1-35H. The van der Waals surface area contributed by atoms with Crippen LogP contribution >= 0.6 is 0 Å². The molecule has 0 saturated heterocycles. The molecule has 3 nitrogen and oxygen atoms in total. The first-order valence-corrected chi connectivity index (χ1v) is 18.9. The highest BCUT2D eigenvalue weighted by atomic mass is 15.2. The van der Waals surface area contributed by atoms with Gasteiger partial charge in [-0.1, -0.05) is 146 Å². The molecule has 3 heteroatoms. The van der Waals surface area contributed by atoms with Crippen LogP contribution in [0.15, 0.2) is 212 Å². The van der Waals surface area contributed by atoms with Crippen molar-refractivity contribution in [1.29, 1.82) is 0 Å². The van der Waals surface area contributed by atoms with E-state index in [0.29, 0.717) is 0 Å². The zero-order valence-corrected chi connectivity index (χ0v) is 30.0. The molecule has 0 aliphatic carbocycles. The minimum absolute atomic E-state index is 1.08. The van der Waals surface area contributed by atoms with Gasteiger partial charge in [0.1, 0.15) is 0 Å². The van der Waals surface area contributed by atoms with Crippen molar-refractivity contribution in [3.8, 4) is 22.5 Å². The minimum Gasteiger partial charge on any atom is -0.309 e. The molecule has 55 heavy (non-hydrogen) atoms. The van der Waals surface area contributed by atoms with Gasteiger partial charge in [-0.25, -0.2) is 0 Å². The van der Waals surface area contributed by atoms with Crippen molar-refractivity contribution in [2.45, 2.75) is 0 Å². The molecule has 0 N–H and O–H groups in total. The van der Waals surface area contributed by atoms with Gasteiger partial charge in [-0.3, -0.25) is 0 Å². The van der Waals surface area contributed by atoms with Crippen molar-refractivity contribution in [3.05, 3.63) is 212 Å². The lowest BCUT2D eigenvalue weighted by Gasteiger charge is -2.29. The number of hydrogen-bond acceptors (Lipinski definition) is 1. The summed E-state index contributed by atoms with van der Waals surface area (Å²) >= 11 is 0. The number of rotatable bonds is 6. The van der Waals surface area contributed by atoms with Gasteiger partial charge in [-0.2, -0.15) is 0 Å². The summed E-state index contributed by atoms with van der Waals surface area (Å²) in [4.78, 5) is 2.46. The molecule has 0 radical (unpaired) electrons. The number of nitrogens with zero attached hydrogens (tertiary/aromatic N) is 3. The SMILES string of the molecule is c1ccc(-c2ccccc2N(c2ccc(-n3c4ccccc4c4ccc5ccccc5c43)cc2)c2cccc3c2c2ccccc2n3-c2ccccc2)cc1. The van der Waals surface area contributed by atoms with Crippen LogP contribution in [0.2, 0.25) is 0 Å². The predicted octanol–water partition coefficient (Wildman–Crippen LogP) is 14.2. The van der Waals surface area contributed by atoms with E-state index < -0.39 is 0 Å². The first-order valence-electron chi connectivity index (χ1n) is 18.9. The molecule has 0 spiro atoms. The van der Waals surface area contributed by atoms with E-state index in [-0.39, 0.29) is 0 Å². The smallest absolute Gasteiger partial charge is 0.0619 e. The number of aromatic nitrogens is 2. The number of hydrogen-bond donors (Lipinski definition) is 0. The molecule has 0 atom stereocenters. The molecule has 2 aromatic heterocycles. The van der Waals surface area contributed by atoms with Gasteiger partial charge in [-0.05, 0) is 77.7 Å². The zero-order valence-electron chi connectivity index (χ0n) is 30.0. The third-order valence-electron chi connectivity index (χ3n) is 11.1. The Hall–Kier alpha value is -7.36. The lowest BCUT2D eigenvalue weighted by Crippen LogP contribution is -2.12. The average Bonchev–Trinajstić information content (AvgIpc) is 3.79. The first-order chi connectivity index (χ1) is 27.3. The maximum absolute atomic E-state index is 2.46. The topological polar surface area (TPSA) is 13.1 Å². The number of benzene rings is 9. The molecule has 0 saturated carbocycles. The Kier molecular flexibility index (Phi) is 7.17. The highest BCUT2D eigenvalue weighted by Crippen LogP contribution is 2.47. The number of anilines is 3. The van der Waals surface area contributed by atoms with Crippen molar-refractivity contribution in [2.24, 2.45) is 0 Å². The van der Waals surface area contributed by atoms with Gasteiger partial charge >= 0.3 is 0 Å². The molecule has 11 aromatic rings.